The van der Waals surface area contributed by atoms with Crippen LogP contribution < -0.4 is 0 Å². The molecule has 1 aliphatic carbocycles. The summed E-state index contributed by atoms with van der Waals surface area (Å²) in [5.41, 5.74) is 1.17. The molecule has 10 heavy (non-hydrogen) atoms. The lowest BCUT2D eigenvalue weighted by Crippen LogP contribution is -2.11. The molecule has 1 rings (SSSR count). The lowest BCUT2D eigenvalue weighted by atomic mass is 9.97. The zero-order chi connectivity index (χ0) is 7.56. The highest BCUT2D eigenvalue weighted by atomic mass is 79.9. The van der Waals surface area contributed by atoms with E-state index in [1.807, 2.05) is 19.1 Å². The first kappa shape index (κ1) is 7.99. The van der Waals surface area contributed by atoms with Gasteiger partial charge >= 0.3 is 0 Å². The van der Waals surface area contributed by atoms with Crippen LogP contribution >= 0.6 is 15.9 Å². The molecule has 0 nitrogen and oxygen atoms in total. The highest BCUT2D eigenvalue weighted by Gasteiger charge is 2.14. The van der Waals surface area contributed by atoms with Crippen LogP contribution in [0.1, 0.15) is 6.92 Å². The Balaban J connectivity index is 2.66. The predicted molar refractivity (Wildman–Crippen MR) is 45.1 cm³/mol. The zero-order valence-corrected chi connectivity index (χ0v) is 7.44. The topological polar surface area (TPSA) is 0 Å². The Kier molecular flexibility index (Phi) is 2.66. The third-order valence-corrected chi connectivity index (χ3v) is 2.28. The summed E-state index contributed by atoms with van der Waals surface area (Å²) >= 11 is 3.32. The number of hydrogen-bond donors (Lipinski definition) is 0. The van der Waals surface area contributed by atoms with Crippen LogP contribution in [0.4, 0.5) is 4.39 Å². The lowest BCUT2D eigenvalue weighted by Gasteiger charge is -2.14. The van der Waals surface area contributed by atoms with Crippen LogP contribution in [0, 0.1) is 5.92 Å². The monoisotopic (exact) mass is 204 g/mol. The van der Waals surface area contributed by atoms with Crippen molar-refractivity contribution in [2.75, 3.05) is 5.33 Å². The SMILES string of the molecule is CC1C=C(CBr)C=CC1F. The summed E-state index contributed by atoms with van der Waals surface area (Å²) in [4.78, 5) is 0. The van der Waals surface area contributed by atoms with Crippen molar-refractivity contribution < 1.29 is 4.39 Å². The number of allylic oxidation sites excluding steroid dienone is 4. The summed E-state index contributed by atoms with van der Waals surface area (Å²) in [6.07, 6.45) is 4.61. The molecule has 0 amide bonds. The maximum atomic E-state index is 12.7. The van der Waals surface area contributed by atoms with Gasteiger partial charge in [0, 0.05) is 11.2 Å². The molecule has 0 heterocycles. The fourth-order valence-electron chi connectivity index (χ4n) is 0.965. The Morgan fingerprint density at radius 1 is 1.70 bits per heavy atom. The van der Waals surface area contributed by atoms with E-state index in [1.54, 1.807) is 6.08 Å². The van der Waals surface area contributed by atoms with Gasteiger partial charge in [0.05, 0.1) is 0 Å². The second-order valence-corrected chi connectivity index (χ2v) is 3.10. The van der Waals surface area contributed by atoms with Gasteiger partial charge in [0.1, 0.15) is 6.17 Å². The molecule has 2 unspecified atom stereocenters. The third kappa shape index (κ3) is 1.69. The molecule has 0 fully saturated rings. The number of hydrogen-bond acceptors (Lipinski definition) is 0. The lowest BCUT2D eigenvalue weighted by molar-refractivity contribution is 0.333. The molecular formula is C8H10BrF. The van der Waals surface area contributed by atoms with Crippen LogP contribution in [-0.2, 0) is 0 Å². The van der Waals surface area contributed by atoms with Crippen molar-refractivity contribution in [3.05, 3.63) is 23.8 Å². The molecule has 0 bridgehead atoms. The highest BCUT2D eigenvalue weighted by Crippen LogP contribution is 2.20. The van der Waals surface area contributed by atoms with Crippen LogP contribution in [0.25, 0.3) is 0 Å². The molecule has 0 aliphatic heterocycles. The van der Waals surface area contributed by atoms with Gasteiger partial charge in [0.25, 0.3) is 0 Å². The molecule has 0 N–H and O–H groups in total. The molecule has 0 aromatic rings. The molecule has 0 aromatic heterocycles. The summed E-state index contributed by atoms with van der Waals surface area (Å²) in [6.45, 7) is 1.89. The van der Waals surface area contributed by atoms with Crippen molar-refractivity contribution in [2.45, 2.75) is 13.1 Å². The number of halogens is 2. The van der Waals surface area contributed by atoms with Crippen LogP contribution in [-0.4, -0.2) is 11.5 Å². The average molecular weight is 205 g/mol. The Bertz CT molecular complexity index is 172. The molecule has 0 aromatic carbocycles. The third-order valence-electron chi connectivity index (χ3n) is 1.63. The van der Waals surface area contributed by atoms with Crippen LogP contribution in [0.5, 0.6) is 0 Å². The van der Waals surface area contributed by atoms with Crippen LogP contribution in [0.2, 0.25) is 0 Å². The van der Waals surface area contributed by atoms with E-state index in [0.717, 1.165) is 5.33 Å². The van der Waals surface area contributed by atoms with Crippen LogP contribution in [0.15, 0.2) is 23.8 Å². The van der Waals surface area contributed by atoms with E-state index in [0.29, 0.717) is 0 Å². The van der Waals surface area contributed by atoms with Crippen LogP contribution in [0.3, 0.4) is 0 Å². The molecule has 2 heteroatoms. The molecule has 56 valence electrons. The smallest absolute Gasteiger partial charge is 0.125 e. The Labute approximate surface area is 68.9 Å². The zero-order valence-electron chi connectivity index (χ0n) is 5.85. The van der Waals surface area contributed by atoms with E-state index in [-0.39, 0.29) is 5.92 Å². The standard InChI is InChI=1S/C8H10BrF/c1-6-4-7(5-9)2-3-8(6)10/h2-4,6,8H,5H2,1H3. The molecule has 0 radical (unpaired) electrons. The maximum Gasteiger partial charge on any atom is 0.125 e. The minimum absolute atomic E-state index is 0.0394. The molecule has 0 spiro atoms. The fourth-order valence-corrected chi connectivity index (χ4v) is 1.34. The summed E-state index contributed by atoms with van der Waals surface area (Å²) in [6, 6.07) is 0. The summed E-state index contributed by atoms with van der Waals surface area (Å²) in [5.74, 6) is 0.0394. The Morgan fingerprint density at radius 3 is 2.90 bits per heavy atom. The maximum absolute atomic E-state index is 12.7. The minimum Gasteiger partial charge on any atom is -0.242 e. The van der Waals surface area contributed by atoms with E-state index in [1.165, 1.54) is 5.57 Å². The molecular weight excluding hydrogens is 195 g/mol. The van der Waals surface area contributed by atoms with E-state index in [2.05, 4.69) is 15.9 Å². The summed E-state index contributed by atoms with van der Waals surface area (Å²) < 4.78 is 12.7. The summed E-state index contributed by atoms with van der Waals surface area (Å²) in [7, 11) is 0. The van der Waals surface area contributed by atoms with Gasteiger partial charge in [-0.2, -0.15) is 0 Å². The molecule has 0 saturated carbocycles. The van der Waals surface area contributed by atoms with E-state index < -0.39 is 6.17 Å². The first-order valence-corrected chi connectivity index (χ1v) is 4.45. The largest absolute Gasteiger partial charge is 0.242 e. The highest BCUT2D eigenvalue weighted by molar-refractivity contribution is 9.09. The average Bonchev–Trinajstić information content (AvgIpc) is 1.95. The quantitative estimate of drug-likeness (QED) is 0.577. The van der Waals surface area contributed by atoms with Gasteiger partial charge in [0.15, 0.2) is 0 Å². The van der Waals surface area contributed by atoms with Gasteiger partial charge in [-0.1, -0.05) is 35.0 Å². The van der Waals surface area contributed by atoms with Crippen molar-refractivity contribution >= 4 is 15.9 Å². The molecule has 0 saturated heterocycles. The Morgan fingerprint density at radius 2 is 2.40 bits per heavy atom. The normalized spacial score (nSPS) is 32.1. The van der Waals surface area contributed by atoms with Crippen molar-refractivity contribution in [3.8, 4) is 0 Å². The van der Waals surface area contributed by atoms with Gasteiger partial charge in [-0.05, 0) is 11.6 Å². The van der Waals surface area contributed by atoms with Crippen molar-refractivity contribution in [1.29, 1.82) is 0 Å². The minimum atomic E-state index is -0.789. The van der Waals surface area contributed by atoms with E-state index in [9.17, 15) is 4.39 Å². The second-order valence-electron chi connectivity index (χ2n) is 2.54. The second kappa shape index (κ2) is 3.33. The van der Waals surface area contributed by atoms with Gasteiger partial charge in [0.2, 0.25) is 0 Å². The van der Waals surface area contributed by atoms with Gasteiger partial charge in [-0.3, -0.25) is 0 Å². The Hall–Kier alpha value is -0.110. The molecule has 2 atom stereocenters. The van der Waals surface area contributed by atoms with Crippen molar-refractivity contribution in [3.63, 3.8) is 0 Å². The number of alkyl halides is 2. The summed E-state index contributed by atoms with van der Waals surface area (Å²) in [5, 5.41) is 0.820. The number of rotatable bonds is 1. The van der Waals surface area contributed by atoms with Crippen molar-refractivity contribution in [2.24, 2.45) is 5.92 Å². The van der Waals surface area contributed by atoms with Gasteiger partial charge in [-0.15, -0.1) is 0 Å². The van der Waals surface area contributed by atoms with E-state index in [4.69, 9.17) is 0 Å². The first-order valence-electron chi connectivity index (χ1n) is 3.33. The van der Waals surface area contributed by atoms with Gasteiger partial charge in [-0.25, -0.2) is 4.39 Å². The van der Waals surface area contributed by atoms with Gasteiger partial charge < -0.3 is 0 Å². The van der Waals surface area contributed by atoms with E-state index >= 15 is 0 Å². The molecule has 1 aliphatic rings. The first-order chi connectivity index (χ1) is 4.74. The van der Waals surface area contributed by atoms with Crippen molar-refractivity contribution in [1.82, 2.24) is 0 Å². The fraction of sp³-hybridized carbons (Fsp3) is 0.500. The predicted octanol–water partition coefficient (Wildman–Crippen LogP) is 2.85.